The molecule has 1 heteroatoms. The molecule has 0 amide bonds. The highest BCUT2D eigenvalue weighted by molar-refractivity contribution is 6.01. The van der Waals surface area contributed by atoms with Crippen LogP contribution < -0.4 is 10.6 Å². The van der Waals surface area contributed by atoms with Gasteiger partial charge in [0, 0.05) is 16.1 Å². The molecule has 2 aromatic carbocycles. The molecule has 0 aliphatic heterocycles. The van der Waals surface area contributed by atoms with E-state index in [-0.39, 0.29) is 0 Å². The fourth-order valence-corrected chi connectivity index (χ4v) is 4.66. The van der Waals surface area contributed by atoms with E-state index < -0.39 is 0 Å². The van der Waals surface area contributed by atoms with E-state index in [4.69, 9.17) is 0 Å². The fourth-order valence-electron chi connectivity index (χ4n) is 4.66. The quantitative estimate of drug-likeness (QED) is 0.631. The largest absolute Gasteiger partial charge is 0.354 e. The van der Waals surface area contributed by atoms with Gasteiger partial charge in [0.15, 0.2) is 0 Å². The molecule has 28 heavy (non-hydrogen) atoms. The van der Waals surface area contributed by atoms with Crippen LogP contribution in [0, 0.1) is 6.92 Å². The Morgan fingerprint density at radius 1 is 1.07 bits per heavy atom. The third-order valence-corrected chi connectivity index (χ3v) is 6.24. The lowest BCUT2D eigenvalue weighted by Gasteiger charge is -2.16. The molecular weight excluding hydrogens is 338 g/mol. The lowest BCUT2D eigenvalue weighted by atomic mass is 9.88. The van der Waals surface area contributed by atoms with Crippen LogP contribution in [-0.2, 0) is 6.42 Å². The number of benzene rings is 2. The molecule has 0 saturated heterocycles. The molecule has 0 atom stereocenters. The Balaban J connectivity index is 1.79. The van der Waals surface area contributed by atoms with Crippen LogP contribution >= 0.6 is 0 Å². The van der Waals surface area contributed by atoms with Gasteiger partial charge in [0.1, 0.15) is 0 Å². The van der Waals surface area contributed by atoms with E-state index in [1.54, 1.807) is 0 Å². The second-order valence-corrected chi connectivity index (χ2v) is 8.00. The molecule has 138 valence electrons. The van der Waals surface area contributed by atoms with Crippen molar-refractivity contribution in [2.45, 2.75) is 33.1 Å². The van der Waals surface area contributed by atoms with Gasteiger partial charge in [0.25, 0.3) is 0 Å². The molecule has 0 bridgehead atoms. The van der Waals surface area contributed by atoms with Crippen LogP contribution in [0.3, 0.4) is 0 Å². The molecule has 1 nitrogen and oxygen atoms in total. The summed E-state index contributed by atoms with van der Waals surface area (Å²) in [4.78, 5) is 3.68. The number of aromatic amines is 1. The van der Waals surface area contributed by atoms with Crippen LogP contribution in [0.2, 0.25) is 0 Å². The average Bonchev–Trinajstić information content (AvgIpc) is 3.40. The molecule has 1 N–H and O–H groups in total. The van der Waals surface area contributed by atoms with Crippen molar-refractivity contribution < 1.29 is 0 Å². The first kappa shape index (κ1) is 17.1. The Morgan fingerprint density at radius 3 is 2.64 bits per heavy atom. The average molecular weight is 364 g/mol. The van der Waals surface area contributed by atoms with Crippen molar-refractivity contribution in [2.24, 2.45) is 0 Å². The number of fused-ring (bicyclic) bond motifs is 3. The van der Waals surface area contributed by atoms with Gasteiger partial charge in [-0.15, -0.1) is 0 Å². The van der Waals surface area contributed by atoms with Crippen LogP contribution in [0.5, 0.6) is 0 Å². The first-order chi connectivity index (χ1) is 13.6. The minimum Gasteiger partial charge on any atom is -0.354 e. The van der Waals surface area contributed by atoms with Crippen LogP contribution in [0.1, 0.15) is 30.9 Å². The second kappa shape index (κ2) is 6.53. The molecule has 0 unspecified atom stereocenters. The zero-order valence-electron chi connectivity index (χ0n) is 16.6. The summed E-state index contributed by atoms with van der Waals surface area (Å²) in [6.07, 6.45) is 12.3. The van der Waals surface area contributed by atoms with Gasteiger partial charge in [-0.3, -0.25) is 0 Å². The highest BCUT2D eigenvalue weighted by Gasteiger charge is 2.19. The smallest absolute Gasteiger partial charge is 0.0500 e. The number of nitrogens with one attached hydrogen (secondary N) is 1. The number of allylic oxidation sites excluding steroid dienone is 5. The summed E-state index contributed by atoms with van der Waals surface area (Å²) in [6, 6.07) is 13.2. The minimum atomic E-state index is 1.07. The summed E-state index contributed by atoms with van der Waals surface area (Å²) in [5.74, 6) is 0. The van der Waals surface area contributed by atoms with E-state index in [2.05, 4.69) is 86.1 Å². The van der Waals surface area contributed by atoms with Gasteiger partial charge in [0.05, 0.1) is 5.35 Å². The minimum absolute atomic E-state index is 1.07. The van der Waals surface area contributed by atoms with Crippen molar-refractivity contribution in [3.05, 3.63) is 94.0 Å². The first-order valence-corrected chi connectivity index (χ1v) is 10.1. The Hall–Kier alpha value is -3.06. The highest BCUT2D eigenvalue weighted by atomic mass is 14.7. The number of H-pyrrole nitrogens is 1. The molecule has 0 radical (unpaired) electrons. The standard InChI is InChI=1S/C27H25N/c1-17-15-23-26-24(28-27(23)19(17)3)16-18(2)22(14-13-20-9-7-8-10-20)25(26)21-11-5-4-6-12-21/h4-9,11-12,15-16,28H,1,10,13-14H2,2-3H3. The summed E-state index contributed by atoms with van der Waals surface area (Å²) in [7, 11) is 0. The second-order valence-electron chi connectivity index (χ2n) is 8.00. The predicted octanol–water partition coefficient (Wildman–Crippen LogP) is 5.48. The monoisotopic (exact) mass is 363 g/mol. The molecule has 5 rings (SSSR count). The zero-order chi connectivity index (χ0) is 19.3. The van der Waals surface area contributed by atoms with Crippen molar-refractivity contribution >= 4 is 22.6 Å². The molecule has 1 heterocycles. The van der Waals surface area contributed by atoms with Crippen LogP contribution in [0.25, 0.3) is 33.7 Å². The van der Waals surface area contributed by atoms with Crippen molar-refractivity contribution in [1.82, 2.24) is 4.98 Å². The summed E-state index contributed by atoms with van der Waals surface area (Å²) in [5.41, 5.74) is 10.7. The van der Waals surface area contributed by atoms with Gasteiger partial charge < -0.3 is 4.98 Å². The third-order valence-electron chi connectivity index (χ3n) is 6.24. The van der Waals surface area contributed by atoms with Crippen LogP contribution in [0.15, 0.2) is 72.4 Å². The molecule has 2 aliphatic rings. The van der Waals surface area contributed by atoms with Gasteiger partial charge in [-0.2, -0.15) is 0 Å². The number of rotatable bonds is 4. The van der Waals surface area contributed by atoms with Crippen molar-refractivity contribution in [1.29, 1.82) is 0 Å². The molecule has 1 aromatic heterocycles. The topological polar surface area (TPSA) is 15.8 Å². The van der Waals surface area contributed by atoms with Gasteiger partial charge in [-0.05, 0) is 78.7 Å². The first-order valence-electron chi connectivity index (χ1n) is 10.1. The SMILES string of the molecule is C=C1C=c2c([nH]c3cc(C)c(CCC4=CC=CC4)c(-c4ccccc4)c23)=C1C. The summed E-state index contributed by atoms with van der Waals surface area (Å²) >= 11 is 0. The van der Waals surface area contributed by atoms with E-state index in [1.807, 2.05) is 0 Å². The maximum atomic E-state index is 4.23. The van der Waals surface area contributed by atoms with Crippen LogP contribution in [-0.4, -0.2) is 4.98 Å². The van der Waals surface area contributed by atoms with Crippen molar-refractivity contribution in [3.8, 4) is 11.1 Å². The van der Waals surface area contributed by atoms with Crippen molar-refractivity contribution in [3.63, 3.8) is 0 Å². The van der Waals surface area contributed by atoms with E-state index in [0.717, 1.165) is 24.8 Å². The maximum Gasteiger partial charge on any atom is 0.0500 e. The van der Waals surface area contributed by atoms with E-state index >= 15 is 0 Å². The molecule has 3 aromatic rings. The summed E-state index contributed by atoms with van der Waals surface area (Å²) < 4.78 is 0. The van der Waals surface area contributed by atoms with E-state index in [1.165, 1.54) is 54.9 Å². The molecule has 0 saturated carbocycles. The Kier molecular flexibility index (Phi) is 3.98. The number of hydrogen-bond donors (Lipinski definition) is 1. The molecule has 2 aliphatic carbocycles. The van der Waals surface area contributed by atoms with Gasteiger partial charge in [-0.1, -0.05) is 60.7 Å². The van der Waals surface area contributed by atoms with E-state index in [9.17, 15) is 0 Å². The normalized spacial score (nSPS) is 15.3. The zero-order valence-corrected chi connectivity index (χ0v) is 16.6. The maximum absolute atomic E-state index is 4.23. The Bertz CT molecular complexity index is 1290. The number of aryl methyl sites for hydroxylation is 1. The number of aromatic nitrogens is 1. The fraction of sp³-hybridized carbons (Fsp3) is 0.185. The molecule has 0 spiro atoms. The highest BCUT2D eigenvalue weighted by Crippen LogP contribution is 2.34. The van der Waals surface area contributed by atoms with Crippen molar-refractivity contribution in [2.75, 3.05) is 0 Å². The van der Waals surface area contributed by atoms with Gasteiger partial charge in [0.2, 0.25) is 0 Å². The van der Waals surface area contributed by atoms with E-state index in [0.29, 0.717) is 0 Å². The Morgan fingerprint density at radius 2 is 1.89 bits per heavy atom. The molecular formula is C27H25N. The lowest BCUT2D eigenvalue weighted by Crippen LogP contribution is -2.20. The summed E-state index contributed by atoms with van der Waals surface area (Å²) in [5, 5.41) is 3.88. The van der Waals surface area contributed by atoms with Gasteiger partial charge >= 0.3 is 0 Å². The van der Waals surface area contributed by atoms with Crippen LogP contribution in [0.4, 0.5) is 0 Å². The number of hydrogen-bond acceptors (Lipinski definition) is 0. The third kappa shape index (κ3) is 2.62. The van der Waals surface area contributed by atoms with Gasteiger partial charge in [-0.25, -0.2) is 0 Å². The predicted molar refractivity (Wildman–Crippen MR) is 121 cm³/mol. The lowest BCUT2D eigenvalue weighted by molar-refractivity contribution is 0.914. The Labute approximate surface area is 166 Å². The summed E-state index contributed by atoms with van der Waals surface area (Å²) in [6.45, 7) is 8.65. The molecule has 0 fully saturated rings.